The van der Waals surface area contributed by atoms with Crippen molar-refractivity contribution in [3.63, 3.8) is 0 Å². The second-order valence-electron chi connectivity index (χ2n) is 4.41. The summed E-state index contributed by atoms with van der Waals surface area (Å²) < 4.78 is 19.2. The van der Waals surface area contributed by atoms with E-state index in [1.807, 2.05) is 0 Å². The molecule has 1 fully saturated rings. The molecule has 3 nitrogen and oxygen atoms in total. The van der Waals surface area contributed by atoms with Gasteiger partial charge in [0.25, 0.3) is 5.91 Å². The Bertz CT molecular complexity index is 433. The number of carbonyl (C=O) groups is 1. The Balaban J connectivity index is 1.81. The summed E-state index contributed by atoms with van der Waals surface area (Å²) >= 11 is 3.16. The fourth-order valence-electron chi connectivity index (χ4n) is 2.08. The molecule has 98 valence electrons. The SMILES string of the molecule is O=C(COc1ccc(Br)cc1F)NC1CCCC1. The number of hydrogen-bond acceptors (Lipinski definition) is 2. The topological polar surface area (TPSA) is 38.3 Å². The van der Waals surface area contributed by atoms with E-state index in [1.165, 1.54) is 12.1 Å². The predicted molar refractivity (Wildman–Crippen MR) is 70.0 cm³/mol. The molecular weight excluding hydrogens is 301 g/mol. The summed E-state index contributed by atoms with van der Waals surface area (Å²) in [5.41, 5.74) is 0. The van der Waals surface area contributed by atoms with Gasteiger partial charge in [-0.1, -0.05) is 28.8 Å². The molecule has 0 saturated heterocycles. The molecule has 1 aromatic rings. The maximum atomic E-state index is 13.4. The average Bonchev–Trinajstić information content (AvgIpc) is 2.80. The minimum atomic E-state index is -0.474. The molecule has 1 amide bonds. The van der Waals surface area contributed by atoms with Gasteiger partial charge in [-0.25, -0.2) is 4.39 Å². The van der Waals surface area contributed by atoms with Crippen LogP contribution in [0.15, 0.2) is 22.7 Å². The van der Waals surface area contributed by atoms with E-state index in [0.29, 0.717) is 4.47 Å². The summed E-state index contributed by atoms with van der Waals surface area (Å²) in [7, 11) is 0. The first-order chi connectivity index (χ1) is 8.65. The van der Waals surface area contributed by atoms with E-state index in [-0.39, 0.29) is 24.3 Å². The molecule has 0 atom stereocenters. The van der Waals surface area contributed by atoms with E-state index in [2.05, 4.69) is 21.2 Å². The van der Waals surface area contributed by atoms with Crippen LogP contribution >= 0.6 is 15.9 Å². The number of rotatable bonds is 4. The number of benzene rings is 1. The largest absolute Gasteiger partial charge is 0.481 e. The molecule has 1 aromatic carbocycles. The molecule has 0 aromatic heterocycles. The Hall–Kier alpha value is -1.10. The second-order valence-corrected chi connectivity index (χ2v) is 5.33. The maximum Gasteiger partial charge on any atom is 0.258 e. The third kappa shape index (κ3) is 3.70. The maximum absolute atomic E-state index is 13.4. The lowest BCUT2D eigenvalue weighted by atomic mass is 10.2. The molecule has 0 bridgehead atoms. The molecule has 18 heavy (non-hydrogen) atoms. The Labute approximate surface area is 114 Å². The van der Waals surface area contributed by atoms with Crippen molar-refractivity contribution in [1.82, 2.24) is 5.32 Å². The number of nitrogens with one attached hydrogen (secondary N) is 1. The van der Waals surface area contributed by atoms with Crippen LogP contribution in [-0.4, -0.2) is 18.6 Å². The Morgan fingerprint density at radius 2 is 2.17 bits per heavy atom. The van der Waals surface area contributed by atoms with E-state index in [4.69, 9.17) is 4.74 Å². The fourth-order valence-corrected chi connectivity index (χ4v) is 2.41. The van der Waals surface area contributed by atoms with Gasteiger partial charge in [-0.3, -0.25) is 4.79 Å². The Kier molecular flexibility index (Phi) is 4.58. The van der Waals surface area contributed by atoms with Crippen molar-refractivity contribution < 1.29 is 13.9 Å². The van der Waals surface area contributed by atoms with E-state index >= 15 is 0 Å². The second kappa shape index (κ2) is 6.18. The molecular formula is C13H15BrFNO2. The van der Waals surface area contributed by atoms with E-state index in [9.17, 15) is 9.18 Å². The summed E-state index contributed by atoms with van der Waals surface area (Å²) in [6.45, 7) is -0.144. The van der Waals surface area contributed by atoms with E-state index in [0.717, 1.165) is 25.7 Å². The lowest BCUT2D eigenvalue weighted by molar-refractivity contribution is -0.123. The van der Waals surface area contributed by atoms with Gasteiger partial charge in [0.15, 0.2) is 18.2 Å². The van der Waals surface area contributed by atoms with Gasteiger partial charge in [-0.15, -0.1) is 0 Å². The molecule has 0 radical (unpaired) electrons. The first-order valence-electron chi connectivity index (χ1n) is 6.02. The highest BCUT2D eigenvalue weighted by Gasteiger charge is 2.17. The lowest BCUT2D eigenvalue weighted by Crippen LogP contribution is -2.36. The number of hydrogen-bond donors (Lipinski definition) is 1. The van der Waals surface area contributed by atoms with Crippen molar-refractivity contribution >= 4 is 21.8 Å². The highest BCUT2D eigenvalue weighted by atomic mass is 79.9. The van der Waals surface area contributed by atoms with Crippen molar-refractivity contribution in [2.24, 2.45) is 0 Å². The molecule has 0 aliphatic heterocycles. The van der Waals surface area contributed by atoms with Crippen LogP contribution in [0.25, 0.3) is 0 Å². The highest BCUT2D eigenvalue weighted by molar-refractivity contribution is 9.10. The molecule has 0 unspecified atom stereocenters. The van der Waals surface area contributed by atoms with Gasteiger partial charge in [0.2, 0.25) is 0 Å². The van der Waals surface area contributed by atoms with Crippen molar-refractivity contribution in [3.8, 4) is 5.75 Å². The van der Waals surface area contributed by atoms with Crippen LogP contribution < -0.4 is 10.1 Å². The van der Waals surface area contributed by atoms with E-state index in [1.54, 1.807) is 6.07 Å². The van der Waals surface area contributed by atoms with Crippen molar-refractivity contribution in [2.45, 2.75) is 31.7 Å². The molecule has 1 saturated carbocycles. The summed E-state index contributed by atoms with van der Waals surface area (Å²) in [6.07, 6.45) is 4.37. The van der Waals surface area contributed by atoms with Gasteiger partial charge >= 0.3 is 0 Å². The third-order valence-electron chi connectivity index (χ3n) is 2.97. The Morgan fingerprint density at radius 3 is 2.83 bits per heavy atom. The molecule has 1 aliphatic rings. The van der Waals surface area contributed by atoms with Gasteiger partial charge in [0.05, 0.1) is 0 Å². The zero-order valence-corrected chi connectivity index (χ0v) is 11.5. The first kappa shape index (κ1) is 13.3. The van der Waals surface area contributed by atoms with Crippen LogP contribution in [0.1, 0.15) is 25.7 Å². The zero-order valence-electron chi connectivity index (χ0n) is 9.92. The number of carbonyl (C=O) groups excluding carboxylic acids is 1. The first-order valence-corrected chi connectivity index (χ1v) is 6.81. The molecule has 1 N–H and O–H groups in total. The summed E-state index contributed by atoms with van der Waals surface area (Å²) in [4.78, 5) is 11.6. The zero-order chi connectivity index (χ0) is 13.0. The minimum Gasteiger partial charge on any atom is -0.481 e. The predicted octanol–water partition coefficient (Wildman–Crippen LogP) is 3.03. The summed E-state index contributed by atoms with van der Waals surface area (Å²) in [5, 5.41) is 2.88. The van der Waals surface area contributed by atoms with Crippen LogP contribution in [0.5, 0.6) is 5.75 Å². The number of amides is 1. The lowest BCUT2D eigenvalue weighted by Gasteiger charge is -2.12. The van der Waals surface area contributed by atoms with Crippen LogP contribution in [0.4, 0.5) is 4.39 Å². The number of ether oxygens (including phenoxy) is 1. The van der Waals surface area contributed by atoms with Crippen LogP contribution in [0.2, 0.25) is 0 Å². The van der Waals surface area contributed by atoms with Gasteiger partial charge < -0.3 is 10.1 Å². The van der Waals surface area contributed by atoms with Gasteiger partial charge in [-0.2, -0.15) is 0 Å². The fraction of sp³-hybridized carbons (Fsp3) is 0.462. The van der Waals surface area contributed by atoms with Crippen LogP contribution in [0.3, 0.4) is 0 Å². The van der Waals surface area contributed by atoms with Crippen molar-refractivity contribution in [2.75, 3.05) is 6.61 Å². The van der Waals surface area contributed by atoms with Crippen molar-refractivity contribution in [1.29, 1.82) is 0 Å². The van der Waals surface area contributed by atoms with Crippen molar-refractivity contribution in [3.05, 3.63) is 28.5 Å². The molecule has 2 rings (SSSR count). The molecule has 1 aliphatic carbocycles. The molecule has 5 heteroatoms. The number of halogens is 2. The van der Waals surface area contributed by atoms with Gasteiger partial charge in [0.1, 0.15) is 0 Å². The smallest absolute Gasteiger partial charge is 0.258 e. The normalized spacial score (nSPS) is 15.7. The molecule has 0 spiro atoms. The van der Waals surface area contributed by atoms with Gasteiger partial charge in [0, 0.05) is 10.5 Å². The van der Waals surface area contributed by atoms with Crippen LogP contribution in [0, 0.1) is 5.82 Å². The standard InChI is InChI=1S/C13H15BrFNO2/c14-9-5-6-12(11(15)7-9)18-8-13(17)16-10-3-1-2-4-10/h5-7,10H,1-4,8H2,(H,16,17). The average molecular weight is 316 g/mol. The third-order valence-corrected chi connectivity index (χ3v) is 3.47. The van der Waals surface area contributed by atoms with Crippen LogP contribution in [-0.2, 0) is 4.79 Å². The quantitative estimate of drug-likeness (QED) is 0.927. The van der Waals surface area contributed by atoms with Gasteiger partial charge in [-0.05, 0) is 31.0 Å². The van der Waals surface area contributed by atoms with E-state index < -0.39 is 5.82 Å². The minimum absolute atomic E-state index is 0.0970. The molecule has 0 heterocycles. The highest BCUT2D eigenvalue weighted by Crippen LogP contribution is 2.21. The summed E-state index contributed by atoms with van der Waals surface area (Å²) in [6, 6.07) is 4.75. The Morgan fingerprint density at radius 1 is 1.44 bits per heavy atom. The summed E-state index contributed by atoms with van der Waals surface area (Å²) in [5.74, 6) is -0.568. The monoisotopic (exact) mass is 315 g/mol.